The summed E-state index contributed by atoms with van der Waals surface area (Å²) in [4.78, 5) is 24.2. The summed E-state index contributed by atoms with van der Waals surface area (Å²) in [6.45, 7) is 6.34. The zero-order valence-corrected chi connectivity index (χ0v) is 17.6. The Hall–Kier alpha value is -1.32. The van der Waals surface area contributed by atoms with Crippen LogP contribution in [0.3, 0.4) is 0 Å². The molecule has 0 spiro atoms. The van der Waals surface area contributed by atoms with Crippen molar-refractivity contribution in [1.29, 1.82) is 0 Å². The van der Waals surface area contributed by atoms with Crippen molar-refractivity contribution < 1.29 is 19.8 Å². The first-order valence-corrected chi connectivity index (χ1v) is 10.9. The first kappa shape index (κ1) is 23.7. The van der Waals surface area contributed by atoms with E-state index in [1.165, 1.54) is 38.5 Å². The molecular formula is C23H40O4. The average Bonchev–Trinajstić information content (AvgIpc) is 2.62. The van der Waals surface area contributed by atoms with Crippen LogP contribution in [0.25, 0.3) is 0 Å². The Kier molecular flexibility index (Phi) is 10.1. The zero-order valence-electron chi connectivity index (χ0n) is 17.6. The molecule has 4 heteroatoms. The summed E-state index contributed by atoms with van der Waals surface area (Å²) in [5.74, 6) is -1.11. The maximum atomic E-state index is 12.2. The highest BCUT2D eigenvalue weighted by Gasteiger charge is 2.59. The quantitative estimate of drug-likeness (QED) is 0.268. The van der Waals surface area contributed by atoms with E-state index in [9.17, 15) is 19.8 Å². The van der Waals surface area contributed by atoms with Crippen molar-refractivity contribution in [3.05, 3.63) is 12.2 Å². The van der Waals surface area contributed by atoms with Crippen LogP contribution in [0.1, 0.15) is 104 Å². The van der Waals surface area contributed by atoms with Crippen molar-refractivity contribution in [1.82, 2.24) is 0 Å². The van der Waals surface area contributed by atoms with Gasteiger partial charge < -0.3 is 10.2 Å². The Balaban J connectivity index is 2.44. The summed E-state index contributed by atoms with van der Waals surface area (Å²) < 4.78 is 0. The minimum absolute atomic E-state index is 0.321. The van der Waals surface area contributed by atoms with Crippen molar-refractivity contribution >= 4 is 11.9 Å². The van der Waals surface area contributed by atoms with Crippen molar-refractivity contribution in [3.63, 3.8) is 0 Å². The van der Waals surface area contributed by atoms with Crippen LogP contribution in [0, 0.1) is 16.7 Å². The molecule has 2 unspecified atom stereocenters. The molecule has 27 heavy (non-hydrogen) atoms. The molecule has 0 saturated heterocycles. The van der Waals surface area contributed by atoms with Gasteiger partial charge in [-0.3, -0.25) is 9.59 Å². The number of hydrogen-bond acceptors (Lipinski definition) is 2. The van der Waals surface area contributed by atoms with Crippen LogP contribution in [0.4, 0.5) is 0 Å². The van der Waals surface area contributed by atoms with Gasteiger partial charge in [0.25, 0.3) is 0 Å². The lowest BCUT2D eigenvalue weighted by atomic mass is 9.54. The third-order valence-corrected chi connectivity index (χ3v) is 6.57. The van der Waals surface area contributed by atoms with E-state index in [-0.39, 0.29) is 0 Å². The first-order valence-electron chi connectivity index (χ1n) is 10.9. The van der Waals surface area contributed by atoms with E-state index >= 15 is 0 Å². The lowest BCUT2D eigenvalue weighted by Crippen LogP contribution is -2.53. The topological polar surface area (TPSA) is 74.6 Å². The second-order valence-corrected chi connectivity index (χ2v) is 8.77. The van der Waals surface area contributed by atoms with Crippen molar-refractivity contribution in [2.45, 2.75) is 104 Å². The predicted octanol–water partition coefficient (Wildman–Crippen LogP) is 6.45. The fraction of sp³-hybridized carbons (Fsp3) is 0.826. The van der Waals surface area contributed by atoms with E-state index in [1.54, 1.807) is 0 Å². The van der Waals surface area contributed by atoms with Gasteiger partial charge >= 0.3 is 11.9 Å². The third kappa shape index (κ3) is 6.08. The normalized spacial score (nSPS) is 25.0. The number of rotatable bonds is 14. The van der Waals surface area contributed by atoms with Crippen LogP contribution in [0.15, 0.2) is 12.2 Å². The predicted molar refractivity (Wildman–Crippen MR) is 110 cm³/mol. The highest BCUT2D eigenvalue weighted by Crippen LogP contribution is 2.54. The summed E-state index contributed by atoms with van der Waals surface area (Å²) in [6, 6.07) is 0. The standard InChI is InChI=1S/C23H40O4/c1-4-22(20(24)25)16-13-14-18-23(22,21(26)27)17-12-10-8-6-5-7-9-11-15-19(2)3/h13-14,19H,4-12,15-18H2,1-3H3,(H,24,25)(H,26,27). The maximum absolute atomic E-state index is 12.2. The van der Waals surface area contributed by atoms with Gasteiger partial charge in [-0.25, -0.2) is 0 Å². The highest BCUT2D eigenvalue weighted by molar-refractivity contribution is 5.87. The number of allylic oxidation sites excluding steroid dienone is 2. The molecule has 0 aromatic carbocycles. The van der Waals surface area contributed by atoms with Gasteiger partial charge in [-0.05, 0) is 31.6 Å². The summed E-state index contributed by atoms with van der Waals surface area (Å²) in [5.41, 5.74) is -2.34. The molecule has 0 aromatic heterocycles. The molecule has 0 heterocycles. The van der Waals surface area contributed by atoms with Crippen LogP contribution in [-0.4, -0.2) is 22.2 Å². The molecule has 0 bridgehead atoms. The molecular weight excluding hydrogens is 340 g/mol. The molecule has 1 rings (SSSR count). The molecule has 4 nitrogen and oxygen atoms in total. The van der Waals surface area contributed by atoms with Gasteiger partial charge in [0.2, 0.25) is 0 Å². The van der Waals surface area contributed by atoms with Gasteiger partial charge in [0.05, 0.1) is 10.8 Å². The molecule has 1 aliphatic carbocycles. The molecule has 0 aromatic rings. The van der Waals surface area contributed by atoms with Crippen LogP contribution in [0.5, 0.6) is 0 Å². The smallest absolute Gasteiger partial charge is 0.311 e. The lowest BCUT2D eigenvalue weighted by Gasteiger charge is -2.46. The van der Waals surface area contributed by atoms with Crippen molar-refractivity contribution in [3.8, 4) is 0 Å². The fourth-order valence-electron chi connectivity index (χ4n) is 4.67. The lowest BCUT2D eigenvalue weighted by molar-refractivity contribution is -0.176. The molecule has 0 amide bonds. The monoisotopic (exact) mass is 380 g/mol. The Morgan fingerprint density at radius 3 is 1.70 bits per heavy atom. The van der Waals surface area contributed by atoms with Gasteiger partial charge in [0, 0.05) is 0 Å². The van der Waals surface area contributed by atoms with Crippen LogP contribution < -0.4 is 0 Å². The SMILES string of the molecule is CCC1(C(=O)O)CC=CCC1(CCCCCCCCCCC(C)C)C(=O)O. The van der Waals surface area contributed by atoms with E-state index in [1.807, 2.05) is 19.1 Å². The largest absolute Gasteiger partial charge is 0.481 e. The number of carboxylic acids is 2. The first-order chi connectivity index (χ1) is 12.8. The summed E-state index contributed by atoms with van der Waals surface area (Å²) in [7, 11) is 0. The number of aliphatic carboxylic acids is 2. The number of hydrogen-bond donors (Lipinski definition) is 2. The minimum Gasteiger partial charge on any atom is -0.481 e. The zero-order chi connectivity index (χ0) is 20.3. The number of unbranched alkanes of at least 4 members (excludes halogenated alkanes) is 7. The summed E-state index contributed by atoms with van der Waals surface area (Å²) in [6.07, 6.45) is 15.7. The Morgan fingerprint density at radius 2 is 1.26 bits per heavy atom. The van der Waals surface area contributed by atoms with Gasteiger partial charge in [0.1, 0.15) is 0 Å². The molecule has 0 saturated carbocycles. The maximum Gasteiger partial charge on any atom is 0.311 e. The summed E-state index contributed by atoms with van der Waals surface area (Å²) >= 11 is 0. The van der Waals surface area contributed by atoms with Crippen LogP contribution in [-0.2, 0) is 9.59 Å². The van der Waals surface area contributed by atoms with Gasteiger partial charge in [-0.1, -0.05) is 90.7 Å². The summed E-state index contributed by atoms with van der Waals surface area (Å²) in [5, 5.41) is 19.8. The Bertz CT molecular complexity index is 497. The van der Waals surface area contributed by atoms with E-state index in [2.05, 4.69) is 13.8 Å². The molecule has 156 valence electrons. The fourth-order valence-corrected chi connectivity index (χ4v) is 4.67. The van der Waals surface area contributed by atoms with E-state index < -0.39 is 22.8 Å². The average molecular weight is 381 g/mol. The number of carboxylic acid groups (broad SMARTS) is 2. The third-order valence-electron chi connectivity index (χ3n) is 6.57. The van der Waals surface area contributed by atoms with E-state index in [4.69, 9.17) is 0 Å². The van der Waals surface area contributed by atoms with E-state index in [0.717, 1.165) is 25.2 Å². The molecule has 0 fully saturated rings. The Morgan fingerprint density at radius 1 is 0.815 bits per heavy atom. The van der Waals surface area contributed by atoms with Gasteiger partial charge in [-0.15, -0.1) is 0 Å². The van der Waals surface area contributed by atoms with Gasteiger partial charge in [-0.2, -0.15) is 0 Å². The highest BCUT2D eigenvalue weighted by atomic mass is 16.4. The Labute approximate surface area is 165 Å². The molecule has 2 atom stereocenters. The van der Waals surface area contributed by atoms with Crippen molar-refractivity contribution in [2.75, 3.05) is 0 Å². The van der Waals surface area contributed by atoms with Crippen molar-refractivity contribution in [2.24, 2.45) is 16.7 Å². The second kappa shape index (κ2) is 11.5. The van der Waals surface area contributed by atoms with E-state index in [0.29, 0.717) is 25.7 Å². The molecule has 1 aliphatic rings. The number of carbonyl (C=O) groups is 2. The minimum atomic E-state index is -1.18. The van der Waals surface area contributed by atoms with Crippen LogP contribution >= 0.6 is 0 Å². The molecule has 0 radical (unpaired) electrons. The molecule has 2 N–H and O–H groups in total. The second-order valence-electron chi connectivity index (χ2n) is 8.77. The molecule has 0 aliphatic heterocycles. The van der Waals surface area contributed by atoms with Crippen LogP contribution in [0.2, 0.25) is 0 Å². The van der Waals surface area contributed by atoms with Gasteiger partial charge in [0.15, 0.2) is 0 Å².